The summed E-state index contributed by atoms with van der Waals surface area (Å²) in [4.78, 5) is 12.3. The van der Waals surface area contributed by atoms with E-state index in [-0.39, 0.29) is 28.9 Å². The van der Waals surface area contributed by atoms with Gasteiger partial charge in [0.2, 0.25) is 0 Å². The summed E-state index contributed by atoms with van der Waals surface area (Å²) in [5.74, 6) is -0.425. The summed E-state index contributed by atoms with van der Waals surface area (Å²) in [5, 5.41) is 12.3. The average Bonchev–Trinajstić information content (AvgIpc) is 3.24. The van der Waals surface area contributed by atoms with Crippen molar-refractivity contribution in [2.45, 2.75) is 25.6 Å². The van der Waals surface area contributed by atoms with Gasteiger partial charge in [-0.2, -0.15) is 5.26 Å². The highest BCUT2D eigenvalue weighted by molar-refractivity contribution is 6.31. The first-order valence-electron chi connectivity index (χ1n) is 9.24. The van der Waals surface area contributed by atoms with Crippen molar-refractivity contribution in [2.75, 3.05) is 13.2 Å². The first kappa shape index (κ1) is 20.8. The minimum Gasteiger partial charge on any atom is -0.489 e. The van der Waals surface area contributed by atoms with Gasteiger partial charge < -0.3 is 14.8 Å². The molecule has 1 heterocycles. The molecule has 0 aromatic heterocycles. The second-order valence-corrected chi connectivity index (χ2v) is 6.98. The molecule has 1 saturated heterocycles. The fraction of sp³-hybridized carbons (Fsp3) is 0.273. The Kier molecular flexibility index (Phi) is 7.23. The summed E-state index contributed by atoms with van der Waals surface area (Å²) >= 11 is 6.01. The van der Waals surface area contributed by atoms with Gasteiger partial charge in [0, 0.05) is 18.7 Å². The number of nitrogens with one attached hydrogen (secondary N) is 1. The van der Waals surface area contributed by atoms with Crippen LogP contribution in [-0.4, -0.2) is 25.2 Å². The Morgan fingerprint density at radius 2 is 2.21 bits per heavy atom. The van der Waals surface area contributed by atoms with E-state index in [0.717, 1.165) is 12.8 Å². The van der Waals surface area contributed by atoms with Crippen molar-refractivity contribution in [1.29, 1.82) is 5.26 Å². The maximum absolute atomic E-state index is 13.9. The van der Waals surface area contributed by atoms with Crippen LogP contribution in [0.15, 0.2) is 48.0 Å². The SMILES string of the molecule is N#C/C(=C/c1cccc(OCc2c(F)cccc2Cl)c1)C(=O)NCC1CCCO1. The lowest BCUT2D eigenvalue weighted by atomic mass is 10.1. The van der Waals surface area contributed by atoms with Gasteiger partial charge in [-0.15, -0.1) is 0 Å². The number of hydrogen-bond donors (Lipinski definition) is 1. The van der Waals surface area contributed by atoms with E-state index < -0.39 is 11.7 Å². The van der Waals surface area contributed by atoms with Crippen LogP contribution in [-0.2, 0) is 16.1 Å². The maximum atomic E-state index is 13.9. The molecular formula is C22H20ClFN2O3. The van der Waals surface area contributed by atoms with Crippen LogP contribution in [0.2, 0.25) is 5.02 Å². The van der Waals surface area contributed by atoms with Crippen molar-refractivity contribution in [1.82, 2.24) is 5.32 Å². The van der Waals surface area contributed by atoms with Crippen LogP contribution in [0.25, 0.3) is 6.08 Å². The van der Waals surface area contributed by atoms with Crippen molar-refractivity contribution >= 4 is 23.6 Å². The Hall–Kier alpha value is -2.88. The number of halogens is 2. The number of rotatable bonds is 7. The lowest BCUT2D eigenvalue weighted by Crippen LogP contribution is -2.32. The number of carbonyl (C=O) groups excluding carboxylic acids is 1. The van der Waals surface area contributed by atoms with Crippen molar-refractivity contribution in [3.05, 3.63) is 70.0 Å². The molecule has 1 atom stereocenters. The lowest BCUT2D eigenvalue weighted by molar-refractivity contribution is -0.117. The monoisotopic (exact) mass is 414 g/mol. The second kappa shape index (κ2) is 10.1. The topological polar surface area (TPSA) is 71.3 Å². The third-order valence-electron chi connectivity index (χ3n) is 4.49. The molecule has 150 valence electrons. The van der Waals surface area contributed by atoms with Crippen LogP contribution in [0.4, 0.5) is 4.39 Å². The van der Waals surface area contributed by atoms with E-state index in [0.29, 0.717) is 24.5 Å². The predicted octanol–water partition coefficient (Wildman–Crippen LogP) is 4.26. The van der Waals surface area contributed by atoms with Gasteiger partial charge in [0.05, 0.1) is 11.1 Å². The largest absolute Gasteiger partial charge is 0.489 e. The molecule has 0 bridgehead atoms. The summed E-state index contributed by atoms with van der Waals surface area (Å²) in [6.45, 7) is 1.04. The van der Waals surface area contributed by atoms with Crippen molar-refractivity contribution in [3.63, 3.8) is 0 Å². The minimum absolute atomic E-state index is 0.000766. The Morgan fingerprint density at radius 1 is 1.38 bits per heavy atom. The molecule has 0 radical (unpaired) electrons. The van der Waals surface area contributed by atoms with E-state index in [1.54, 1.807) is 30.3 Å². The van der Waals surface area contributed by atoms with Crippen LogP contribution >= 0.6 is 11.6 Å². The van der Waals surface area contributed by atoms with E-state index in [1.807, 2.05) is 6.07 Å². The first-order chi connectivity index (χ1) is 14.1. The predicted molar refractivity (Wildman–Crippen MR) is 108 cm³/mol. The minimum atomic E-state index is -0.451. The quantitative estimate of drug-likeness (QED) is 0.542. The van der Waals surface area contributed by atoms with Crippen LogP contribution in [0, 0.1) is 17.1 Å². The number of carbonyl (C=O) groups is 1. The Balaban J connectivity index is 1.65. The van der Waals surface area contributed by atoms with Crippen LogP contribution in [0.1, 0.15) is 24.0 Å². The number of amides is 1. The molecule has 5 nitrogen and oxygen atoms in total. The van der Waals surface area contributed by atoms with E-state index in [4.69, 9.17) is 21.1 Å². The Morgan fingerprint density at radius 3 is 2.93 bits per heavy atom. The van der Waals surface area contributed by atoms with Gasteiger partial charge in [-0.05, 0) is 48.7 Å². The molecule has 29 heavy (non-hydrogen) atoms. The van der Waals surface area contributed by atoms with Crippen molar-refractivity contribution < 1.29 is 18.7 Å². The summed E-state index contributed by atoms with van der Waals surface area (Å²) in [6, 6.07) is 13.2. The molecule has 1 amide bonds. The summed E-state index contributed by atoms with van der Waals surface area (Å²) in [6.07, 6.45) is 3.36. The molecule has 1 unspecified atom stereocenters. The average molecular weight is 415 g/mol. The van der Waals surface area contributed by atoms with Crippen LogP contribution in [0.3, 0.4) is 0 Å². The molecule has 3 rings (SSSR count). The van der Waals surface area contributed by atoms with Gasteiger partial charge in [0.1, 0.15) is 29.8 Å². The molecule has 1 fully saturated rings. The normalized spacial score (nSPS) is 16.3. The Labute approximate surface area is 173 Å². The maximum Gasteiger partial charge on any atom is 0.262 e. The summed E-state index contributed by atoms with van der Waals surface area (Å²) in [5.41, 5.74) is 0.865. The Bertz CT molecular complexity index is 929. The van der Waals surface area contributed by atoms with Crippen molar-refractivity contribution in [3.8, 4) is 11.8 Å². The summed E-state index contributed by atoms with van der Waals surface area (Å²) in [7, 11) is 0. The molecule has 0 spiro atoms. The van der Waals surface area contributed by atoms with Crippen LogP contribution < -0.4 is 10.1 Å². The number of ether oxygens (including phenoxy) is 2. The molecule has 7 heteroatoms. The fourth-order valence-electron chi connectivity index (χ4n) is 2.94. The molecule has 2 aromatic rings. The molecule has 2 aromatic carbocycles. The number of hydrogen-bond acceptors (Lipinski definition) is 4. The highest BCUT2D eigenvalue weighted by Crippen LogP contribution is 2.22. The standard InChI is InChI=1S/C22H20ClFN2O3/c23-20-7-2-8-21(24)19(20)14-29-17-5-1-4-15(11-17)10-16(12-25)22(27)26-13-18-6-3-9-28-18/h1-2,4-5,7-8,10-11,18H,3,6,9,13-14H2,(H,26,27)/b16-10-. The van der Waals surface area contributed by atoms with Gasteiger partial charge in [-0.1, -0.05) is 29.8 Å². The zero-order valence-corrected chi connectivity index (χ0v) is 16.4. The van der Waals surface area contributed by atoms with E-state index in [1.165, 1.54) is 18.2 Å². The third kappa shape index (κ3) is 5.80. The number of nitrogens with zero attached hydrogens (tertiary/aromatic N) is 1. The second-order valence-electron chi connectivity index (χ2n) is 6.58. The van der Waals surface area contributed by atoms with E-state index in [2.05, 4.69) is 5.32 Å². The number of benzene rings is 2. The smallest absolute Gasteiger partial charge is 0.262 e. The molecular weight excluding hydrogens is 395 g/mol. The number of nitriles is 1. The van der Waals surface area contributed by atoms with Gasteiger partial charge in [0.15, 0.2) is 0 Å². The zero-order chi connectivity index (χ0) is 20.6. The van der Waals surface area contributed by atoms with Gasteiger partial charge in [-0.25, -0.2) is 4.39 Å². The fourth-order valence-corrected chi connectivity index (χ4v) is 3.16. The van der Waals surface area contributed by atoms with Crippen molar-refractivity contribution in [2.24, 2.45) is 0 Å². The lowest BCUT2D eigenvalue weighted by Gasteiger charge is -2.11. The highest BCUT2D eigenvalue weighted by Gasteiger charge is 2.17. The van der Waals surface area contributed by atoms with Gasteiger partial charge in [0.25, 0.3) is 5.91 Å². The van der Waals surface area contributed by atoms with Gasteiger partial charge >= 0.3 is 0 Å². The molecule has 0 aliphatic carbocycles. The molecule has 0 saturated carbocycles. The van der Waals surface area contributed by atoms with Gasteiger partial charge in [-0.3, -0.25) is 4.79 Å². The van der Waals surface area contributed by atoms with Crippen LogP contribution in [0.5, 0.6) is 5.75 Å². The van der Waals surface area contributed by atoms with E-state index >= 15 is 0 Å². The first-order valence-corrected chi connectivity index (χ1v) is 9.62. The molecule has 1 N–H and O–H groups in total. The highest BCUT2D eigenvalue weighted by atomic mass is 35.5. The third-order valence-corrected chi connectivity index (χ3v) is 4.85. The molecule has 1 aliphatic heterocycles. The van der Waals surface area contributed by atoms with E-state index in [9.17, 15) is 14.4 Å². The molecule has 1 aliphatic rings. The zero-order valence-electron chi connectivity index (χ0n) is 15.7. The summed E-state index contributed by atoms with van der Waals surface area (Å²) < 4.78 is 25.0.